The number of benzene rings is 7. The van der Waals surface area contributed by atoms with Gasteiger partial charge in [0, 0.05) is 38.4 Å². The molecule has 10 aromatic rings. The van der Waals surface area contributed by atoms with Crippen LogP contribution in [0.25, 0.3) is 94.1 Å². The number of hydrogen-bond donors (Lipinski definition) is 0. The van der Waals surface area contributed by atoms with Gasteiger partial charge in [-0.25, -0.2) is 9.97 Å². The molecule has 224 valence electrons. The van der Waals surface area contributed by atoms with Crippen LogP contribution in [0.15, 0.2) is 168 Å². The lowest BCUT2D eigenvalue weighted by atomic mass is 10.0. The van der Waals surface area contributed by atoms with Crippen molar-refractivity contribution in [3.63, 3.8) is 0 Å². The van der Waals surface area contributed by atoms with Gasteiger partial charge in [-0.3, -0.25) is 0 Å². The van der Waals surface area contributed by atoms with Crippen LogP contribution in [0.1, 0.15) is 0 Å². The number of rotatable bonds is 4. The van der Waals surface area contributed by atoms with Gasteiger partial charge in [-0.2, -0.15) is 0 Å². The largest absolute Gasteiger partial charge is 0.456 e. The Hall–Kier alpha value is -6.52. The van der Waals surface area contributed by atoms with Crippen molar-refractivity contribution < 1.29 is 4.42 Å². The average molecular weight is 614 g/mol. The van der Waals surface area contributed by atoms with E-state index in [1.807, 2.05) is 30.3 Å². The minimum Gasteiger partial charge on any atom is -0.456 e. The van der Waals surface area contributed by atoms with Gasteiger partial charge in [0.05, 0.1) is 27.6 Å². The summed E-state index contributed by atoms with van der Waals surface area (Å²) in [6.45, 7) is 0. The van der Waals surface area contributed by atoms with Gasteiger partial charge in [-0.1, -0.05) is 109 Å². The van der Waals surface area contributed by atoms with Crippen LogP contribution in [0.2, 0.25) is 0 Å². The van der Waals surface area contributed by atoms with Crippen LogP contribution in [0.3, 0.4) is 0 Å². The first kappa shape index (κ1) is 26.7. The van der Waals surface area contributed by atoms with Gasteiger partial charge < -0.3 is 8.98 Å². The number of furan rings is 1. The molecule has 7 aromatic carbocycles. The van der Waals surface area contributed by atoms with Gasteiger partial charge in [0.2, 0.25) is 0 Å². The molecule has 0 bridgehead atoms. The van der Waals surface area contributed by atoms with Gasteiger partial charge in [-0.15, -0.1) is 0 Å². The van der Waals surface area contributed by atoms with Crippen molar-refractivity contribution >= 4 is 54.6 Å². The summed E-state index contributed by atoms with van der Waals surface area (Å²) in [6, 6.07) is 57.2. The molecular formula is C44H27N3O. The normalized spacial score (nSPS) is 11.8. The number of fused-ring (bicyclic) bond motifs is 8. The molecule has 0 aliphatic carbocycles. The lowest BCUT2D eigenvalue weighted by Gasteiger charge is -2.12. The fourth-order valence-corrected chi connectivity index (χ4v) is 7.17. The first-order valence-electron chi connectivity index (χ1n) is 16.2. The fourth-order valence-electron chi connectivity index (χ4n) is 7.17. The summed E-state index contributed by atoms with van der Waals surface area (Å²) in [5.41, 5.74) is 11.4. The second-order valence-corrected chi connectivity index (χ2v) is 12.2. The van der Waals surface area contributed by atoms with Crippen LogP contribution in [-0.4, -0.2) is 14.5 Å². The molecule has 10 rings (SSSR count). The molecule has 0 N–H and O–H groups in total. The van der Waals surface area contributed by atoms with Crippen LogP contribution in [-0.2, 0) is 0 Å². The molecule has 3 heterocycles. The molecule has 4 nitrogen and oxygen atoms in total. The van der Waals surface area contributed by atoms with E-state index in [-0.39, 0.29) is 0 Å². The Kier molecular flexibility index (Phi) is 5.84. The Morgan fingerprint density at radius 3 is 1.90 bits per heavy atom. The van der Waals surface area contributed by atoms with Crippen LogP contribution in [0, 0.1) is 0 Å². The first-order valence-corrected chi connectivity index (χ1v) is 16.2. The summed E-state index contributed by atoms with van der Waals surface area (Å²) in [4.78, 5) is 10.2. The highest BCUT2D eigenvalue weighted by Crippen LogP contribution is 2.41. The molecule has 0 unspecified atom stereocenters. The molecule has 0 amide bonds. The van der Waals surface area contributed by atoms with Crippen molar-refractivity contribution in [2.75, 3.05) is 0 Å². The van der Waals surface area contributed by atoms with Gasteiger partial charge >= 0.3 is 0 Å². The Bertz CT molecular complexity index is 2810. The van der Waals surface area contributed by atoms with Crippen LogP contribution < -0.4 is 0 Å². The highest BCUT2D eigenvalue weighted by molar-refractivity contribution is 6.24. The van der Waals surface area contributed by atoms with E-state index in [4.69, 9.17) is 14.4 Å². The summed E-state index contributed by atoms with van der Waals surface area (Å²) in [6.07, 6.45) is 0. The third-order valence-electron chi connectivity index (χ3n) is 9.43. The summed E-state index contributed by atoms with van der Waals surface area (Å²) < 4.78 is 8.67. The second kappa shape index (κ2) is 10.5. The predicted octanol–water partition coefficient (Wildman–Crippen LogP) is 11.6. The van der Waals surface area contributed by atoms with Gasteiger partial charge in [0.15, 0.2) is 5.82 Å². The molecule has 0 aliphatic heterocycles. The van der Waals surface area contributed by atoms with Crippen LogP contribution >= 0.6 is 0 Å². The Balaban J connectivity index is 1.12. The van der Waals surface area contributed by atoms with Crippen molar-refractivity contribution in [2.24, 2.45) is 0 Å². The summed E-state index contributed by atoms with van der Waals surface area (Å²) in [5.74, 6) is 0.702. The quantitative estimate of drug-likeness (QED) is 0.198. The van der Waals surface area contributed by atoms with E-state index in [1.165, 1.54) is 21.9 Å². The SMILES string of the molecule is c1ccc(-c2ccc(-c3nc(-c4ccc(-n5c6ccccc6c6ccc7oc8ccccc8c7c65)cc4)nc4ccccc34)cc2)cc1. The number of aromatic nitrogens is 3. The summed E-state index contributed by atoms with van der Waals surface area (Å²) >= 11 is 0. The highest BCUT2D eigenvalue weighted by Gasteiger charge is 2.19. The highest BCUT2D eigenvalue weighted by atomic mass is 16.3. The van der Waals surface area contributed by atoms with Crippen molar-refractivity contribution in [2.45, 2.75) is 0 Å². The van der Waals surface area contributed by atoms with E-state index in [9.17, 15) is 0 Å². The summed E-state index contributed by atoms with van der Waals surface area (Å²) in [5, 5.41) is 5.70. The molecule has 0 radical (unpaired) electrons. The number of para-hydroxylation sites is 3. The van der Waals surface area contributed by atoms with E-state index in [2.05, 4.69) is 138 Å². The monoisotopic (exact) mass is 613 g/mol. The van der Waals surface area contributed by atoms with Crippen LogP contribution in [0.4, 0.5) is 0 Å². The molecule has 4 heteroatoms. The van der Waals surface area contributed by atoms with Gasteiger partial charge in [-0.05, 0) is 65.7 Å². The zero-order chi connectivity index (χ0) is 31.6. The fraction of sp³-hybridized carbons (Fsp3) is 0. The minimum absolute atomic E-state index is 0.702. The molecule has 0 saturated heterocycles. The van der Waals surface area contributed by atoms with Gasteiger partial charge in [0.1, 0.15) is 11.2 Å². The Morgan fingerprint density at radius 2 is 1.06 bits per heavy atom. The predicted molar refractivity (Wildman–Crippen MR) is 197 cm³/mol. The number of nitrogens with zero attached hydrogens (tertiary/aromatic N) is 3. The standard InChI is InChI=1S/C44H27N3O/c1-2-10-28(11-3-1)29-18-20-30(21-19-29)42-35-13-4-7-15-37(35)45-44(46-42)31-22-24-32(25-23-31)47-38-16-8-5-12-33(38)34-26-27-40-41(43(34)47)36-14-6-9-17-39(36)48-40/h1-27H. The molecular weight excluding hydrogens is 587 g/mol. The second-order valence-electron chi connectivity index (χ2n) is 12.2. The first-order chi connectivity index (χ1) is 23.8. The molecule has 0 aliphatic rings. The molecule has 0 fully saturated rings. The smallest absolute Gasteiger partial charge is 0.160 e. The molecule has 0 atom stereocenters. The molecule has 0 saturated carbocycles. The molecule has 3 aromatic heterocycles. The zero-order valence-corrected chi connectivity index (χ0v) is 25.8. The minimum atomic E-state index is 0.702. The maximum Gasteiger partial charge on any atom is 0.160 e. The van der Waals surface area contributed by atoms with Crippen molar-refractivity contribution in [3.05, 3.63) is 164 Å². The van der Waals surface area contributed by atoms with E-state index < -0.39 is 0 Å². The average Bonchev–Trinajstić information content (AvgIpc) is 3.71. The molecule has 48 heavy (non-hydrogen) atoms. The lowest BCUT2D eigenvalue weighted by Crippen LogP contribution is -1.97. The van der Waals surface area contributed by atoms with E-state index in [0.29, 0.717) is 5.82 Å². The van der Waals surface area contributed by atoms with Gasteiger partial charge in [0.25, 0.3) is 0 Å². The molecule has 0 spiro atoms. The zero-order valence-electron chi connectivity index (χ0n) is 25.8. The van der Waals surface area contributed by atoms with E-state index in [0.717, 1.165) is 66.4 Å². The third-order valence-corrected chi connectivity index (χ3v) is 9.43. The van der Waals surface area contributed by atoms with Crippen LogP contribution in [0.5, 0.6) is 0 Å². The maximum atomic E-state index is 6.31. The van der Waals surface area contributed by atoms with Crippen molar-refractivity contribution in [1.29, 1.82) is 0 Å². The number of hydrogen-bond acceptors (Lipinski definition) is 3. The van der Waals surface area contributed by atoms with Crippen molar-refractivity contribution in [1.82, 2.24) is 14.5 Å². The van der Waals surface area contributed by atoms with E-state index >= 15 is 0 Å². The van der Waals surface area contributed by atoms with E-state index in [1.54, 1.807) is 0 Å². The third kappa shape index (κ3) is 4.10. The summed E-state index contributed by atoms with van der Waals surface area (Å²) in [7, 11) is 0. The maximum absolute atomic E-state index is 6.31. The Morgan fingerprint density at radius 1 is 0.417 bits per heavy atom. The van der Waals surface area contributed by atoms with Crippen molar-refractivity contribution in [3.8, 4) is 39.5 Å². The lowest BCUT2D eigenvalue weighted by molar-refractivity contribution is 0.669. The Labute approximate surface area is 276 Å². The topological polar surface area (TPSA) is 43.9 Å².